The number of aromatic nitrogens is 2. The molecular weight excluding hydrogens is 318 g/mol. The van der Waals surface area contributed by atoms with Gasteiger partial charge in [0.15, 0.2) is 5.82 Å². The molecule has 9 heteroatoms. The Morgan fingerprint density at radius 2 is 1.96 bits per heavy atom. The third-order valence-corrected chi connectivity index (χ3v) is 6.08. The van der Waals surface area contributed by atoms with E-state index in [9.17, 15) is 8.42 Å². The van der Waals surface area contributed by atoms with Crippen LogP contribution in [0.25, 0.3) is 0 Å². The maximum absolute atomic E-state index is 12.2. The number of anilines is 1. The summed E-state index contributed by atoms with van der Waals surface area (Å²) in [7, 11) is 1.18. The molecule has 0 spiro atoms. The third-order valence-electron chi connectivity index (χ3n) is 4.51. The molecule has 1 aliphatic heterocycles. The highest BCUT2D eigenvalue weighted by Crippen LogP contribution is 2.43. The molecule has 0 radical (unpaired) electrons. The van der Waals surface area contributed by atoms with E-state index >= 15 is 0 Å². The van der Waals surface area contributed by atoms with Crippen molar-refractivity contribution in [1.82, 2.24) is 19.0 Å². The van der Waals surface area contributed by atoms with Crippen molar-refractivity contribution in [2.24, 2.45) is 11.8 Å². The van der Waals surface area contributed by atoms with Crippen LogP contribution in [0.2, 0.25) is 0 Å². The van der Waals surface area contributed by atoms with Crippen molar-refractivity contribution >= 4 is 16.0 Å². The molecular formula is C14H23N5O3S. The van der Waals surface area contributed by atoms with Gasteiger partial charge >= 0.3 is 0 Å². The zero-order chi connectivity index (χ0) is 16.6. The first-order valence-electron chi connectivity index (χ1n) is 7.72. The second kappa shape index (κ2) is 6.21. The van der Waals surface area contributed by atoms with Crippen LogP contribution in [0.5, 0.6) is 5.88 Å². The summed E-state index contributed by atoms with van der Waals surface area (Å²) in [5, 5.41) is 0. The number of rotatable bonds is 6. The van der Waals surface area contributed by atoms with Crippen molar-refractivity contribution in [2.45, 2.75) is 18.9 Å². The minimum atomic E-state index is -3.45. The Morgan fingerprint density at radius 1 is 1.26 bits per heavy atom. The van der Waals surface area contributed by atoms with Crippen LogP contribution in [0, 0.1) is 11.8 Å². The van der Waals surface area contributed by atoms with Crippen LogP contribution in [0.4, 0.5) is 5.82 Å². The van der Waals surface area contributed by atoms with E-state index < -0.39 is 10.2 Å². The molecule has 1 aromatic rings. The van der Waals surface area contributed by atoms with Gasteiger partial charge in [0.05, 0.1) is 7.11 Å². The largest absolute Gasteiger partial charge is 0.478 e. The second-order valence-corrected chi connectivity index (χ2v) is 8.22. The summed E-state index contributed by atoms with van der Waals surface area (Å²) in [6, 6.07) is -0.124. The Bertz CT molecular complexity index is 662. The minimum absolute atomic E-state index is 0.124. The lowest BCUT2D eigenvalue weighted by atomic mass is 9.99. The van der Waals surface area contributed by atoms with E-state index in [1.165, 1.54) is 18.4 Å². The summed E-state index contributed by atoms with van der Waals surface area (Å²) >= 11 is 0. The predicted octanol–water partition coefficient (Wildman–Crippen LogP) is 0.0960. The Hall–Kier alpha value is -1.45. The molecule has 0 aromatic carbocycles. The Labute approximate surface area is 137 Å². The molecule has 1 aromatic heterocycles. The molecule has 1 aliphatic carbocycles. The fourth-order valence-corrected chi connectivity index (χ4v) is 3.95. The van der Waals surface area contributed by atoms with Crippen LogP contribution in [-0.2, 0) is 10.2 Å². The summed E-state index contributed by atoms with van der Waals surface area (Å²) in [5.74, 6) is 2.01. The maximum Gasteiger partial charge on any atom is 0.279 e. The fourth-order valence-electron chi connectivity index (χ4n) is 3.10. The number of methoxy groups -OCH3 is 1. The SMILES string of the molecule is COc1nccnc1N1C[C@H](NS(=O)(=O)N(C)C)[C@@H](C2CC2)C1. The summed E-state index contributed by atoms with van der Waals surface area (Å²) in [4.78, 5) is 10.6. The normalized spacial score (nSPS) is 25.1. The van der Waals surface area contributed by atoms with Gasteiger partial charge in [0.1, 0.15) is 0 Å². The van der Waals surface area contributed by atoms with Crippen LogP contribution in [0.1, 0.15) is 12.8 Å². The lowest BCUT2D eigenvalue weighted by Crippen LogP contribution is -2.46. The Kier molecular flexibility index (Phi) is 4.43. The number of ether oxygens (including phenoxy) is 1. The summed E-state index contributed by atoms with van der Waals surface area (Å²) in [6.45, 7) is 1.34. The zero-order valence-electron chi connectivity index (χ0n) is 13.6. The van der Waals surface area contributed by atoms with Crippen molar-refractivity contribution in [2.75, 3.05) is 39.2 Å². The molecule has 2 atom stereocenters. The van der Waals surface area contributed by atoms with Gasteiger partial charge in [-0.05, 0) is 24.7 Å². The topological polar surface area (TPSA) is 87.7 Å². The monoisotopic (exact) mass is 341 g/mol. The van der Waals surface area contributed by atoms with Crippen molar-refractivity contribution in [3.05, 3.63) is 12.4 Å². The highest BCUT2D eigenvalue weighted by Gasteiger charge is 2.45. The number of hydrogen-bond acceptors (Lipinski definition) is 6. The third kappa shape index (κ3) is 3.41. The number of nitrogens with zero attached hydrogens (tertiary/aromatic N) is 4. The average molecular weight is 341 g/mol. The standard InChI is InChI=1S/C14H23N5O3S/c1-18(2)23(20,21)17-12-9-19(8-11(12)10-4-5-10)13-14(22-3)16-7-6-15-13/h6-7,10-12,17H,4-5,8-9H2,1-3H3/t11-,12+/m1/s1. The van der Waals surface area contributed by atoms with Gasteiger partial charge in [0.2, 0.25) is 0 Å². The van der Waals surface area contributed by atoms with E-state index in [0.29, 0.717) is 24.2 Å². The fraction of sp³-hybridized carbons (Fsp3) is 0.714. The molecule has 2 aliphatic rings. The molecule has 2 heterocycles. The smallest absolute Gasteiger partial charge is 0.279 e. The molecule has 0 unspecified atom stereocenters. The van der Waals surface area contributed by atoms with E-state index in [1.54, 1.807) is 19.5 Å². The lowest BCUT2D eigenvalue weighted by molar-refractivity contribution is 0.395. The molecule has 1 saturated heterocycles. The van der Waals surface area contributed by atoms with E-state index in [-0.39, 0.29) is 12.0 Å². The van der Waals surface area contributed by atoms with Crippen LogP contribution in [-0.4, -0.2) is 63.0 Å². The molecule has 1 saturated carbocycles. The van der Waals surface area contributed by atoms with Crippen molar-refractivity contribution in [3.63, 3.8) is 0 Å². The highest BCUT2D eigenvalue weighted by atomic mass is 32.2. The van der Waals surface area contributed by atoms with Gasteiger partial charge in [0, 0.05) is 45.6 Å². The van der Waals surface area contributed by atoms with Gasteiger partial charge in [-0.2, -0.15) is 17.4 Å². The molecule has 8 nitrogen and oxygen atoms in total. The second-order valence-electron chi connectivity index (χ2n) is 6.31. The first kappa shape index (κ1) is 16.4. The van der Waals surface area contributed by atoms with Gasteiger partial charge < -0.3 is 9.64 Å². The van der Waals surface area contributed by atoms with Gasteiger partial charge in [-0.3, -0.25) is 0 Å². The van der Waals surface area contributed by atoms with E-state index in [1.807, 2.05) is 0 Å². The van der Waals surface area contributed by atoms with Crippen molar-refractivity contribution < 1.29 is 13.2 Å². The maximum atomic E-state index is 12.2. The van der Waals surface area contributed by atoms with Gasteiger partial charge in [-0.15, -0.1) is 0 Å². The molecule has 3 rings (SSSR count). The van der Waals surface area contributed by atoms with Crippen LogP contribution < -0.4 is 14.4 Å². The minimum Gasteiger partial charge on any atom is -0.478 e. The van der Waals surface area contributed by atoms with Crippen molar-refractivity contribution in [3.8, 4) is 5.88 Å². The number of nitrogens with one attached hydrogen (secondary N) is 1. The van der Waals surface area contributed by atoms with Crippen molar-refractivity contribution in [1.29, 1.82) is 0 Å². The predicted molar refractivity (Wildman–Crippen MR) is 86.5 cm³/mol. The van der Waals surface area contributed by atoms with Gasteiger partial charge in [-0.1, -0.05) is 0 Å². The van der Waals surface area contributed by atoms with E-state index in [4.69, 9.17) is 4.74 Å². The van der Waals surface area contributed by atoms with Crippen LogP contribution in [0.3, 0.4) is 0 Å². The van der Waals surface area contributed by atoms with Crippen LogP contribution >= 0.6 is 0 Å². The first-order chi connectivity index (χ1) is 10.9. The highest BCUT2D eigenvalue weighted by molar-refractivity contribution is 7.87. The van der Waals surface area contributed by atoms with E-state index in [0.717, 1.165) is 19.4 Å². The molecule has 0 bridgehead atoms. The quantitative estimate of drug-likeness (QED) is 0.789. The molecule has 128 valence electrons. The van der Waals surface area contributed by atoms with Gasteiger partial charge in [0.25, 0.3) is 16.1 Å². The first-order valence-corrected chi connectivity index (χ1v) is 9.16. The molecule has 23 heavy (non-hydrogen) atoms. The Morgan fingerprint density at radius 3 is 2.57 bits per heavy atom. The number of hydrogen-bond donors (Lipinski definition) is 1. The molecule has 0 amide bonds. The Balaban J connectivity index is 1.81. The molecule has 1 N–H and O–H groups in total. The average Bonchev–Trinajstić information content (AvgIpc) is 3.28. The lowest BCUT2D eigenvalue weighted by Gasteiger charge is -2.21. The van der Waals surface area contributed by atoms with Crippen LogP contribution in [0.15, 0.2) is 12.4 Å². The summed E-state index contributed by atoms with van der Waals surface area (Å²) < 4.78 is 33.7. The van der Waals surface area contributed by atoms with Gasteiger partial charge in [-0.25, -0.2) is 9.97 Å². The zero-order valence-corrected chi connectivity index (χ0v) is 14.5. The van der Waals surface area contributed by atoms with E-state index in [2.05, 4.69) is 19.6 Å². The summed E-state index contributed by atoms with van der Waals surface area (Å²) in [5.41, 5.74) is 0. The molecule has 2 fully saturated rings. The summed E-state index contributed by atoms with van der Waals surface area (Å²) in [6.07, 6.45) is 5.54.